The van der Waals surface area contributed by atoms with Crippen LogP contribution >= 0.6 is 0 Å². The second kappa shape index (κ2) is 5.01. The zero-order valence-corrected chi connectivity index (χ0v) is 8.85. The highest BCUT2D eigenvalue weighted by Crippen LogP contribution is 2.06. The van der Waals surface area contributed by atoms with Gasteiger partial charge in [0.1, 0.15) is 0 Å². The van der Waals surface area contributed by atoms with Crippen LogP contribution in [0.2, 0.25) is 0 Å². The molecule has 0 N–H and O–H groups in total. The summed E-state index contributed by atoms with van der Waals surface area (Å²) in [5.41, 5.74) is 0. The van der Waals surface area contributed by atoms with Gasteiger partial charge in [0.05, 0.1) is 6.61 Å². The topological polar surface area (TPSA) is 60.4 Å². The first-order valence-corrected chi connectivity index (χ1v) is 5.60. The maximum absolute atomic E-state index is 11.3. The lowest BCUT2D eigenvalue weighted by molar-refractivity contribution is -0.139. The van der Waals surface area contributed by atoms with Gasteiger partial charge in [0.25, 0.3) is 0 Å². The van der Waals surface area contributed by atoms with Gasteiger partial charge in [-0.2, -0.15) is 0 Å². The molecule has 0 heterocycles. The molecular formula is C8H14O4S. The molecule has 0 radical (unpaired) electrons. The predicted octanol–water partition coefficient (Wildman–Crippen LogP) is 0.888. The molecule has 0 aromatic carbocycles. The highest BCUT2D eigenvalue weighted by molar-refractivity contribution is 7.95. The van der Waals surface area contributed by atoms with Crippen molar-refractivity contribution >= 4 is 15.8 Å². The number of rotatable bonds is 4. The van der Waals surface area contributed by atoms with Gasteiger partial charge in [0.15, 0.2) is 15.6 Å². The van der Waals surface area contributed by atoms with Crippen molar-refractivity contribution in [2.24, 2.45) is 0 Å². The maximum atomic E-state index is 11.3. The van der Waals surface area contributed by atoms with Gasteiger partial charge in [-0.25, -0.2) is 8.42 Å². The minimum Gasteiger partial charge on any atom is -0.465 e. The summed E-state index contributed by atoms with van der Waals surface area (Å²) in [5, 5.41) is 0. The van der Waals surface area contributed by atoms with Crippen molar-refractivity contribution in [1.82, 2.24) is 0 Å². The van der Waals surface area contributed by atoms with Gasteiger partial charge in [-0.1, -0.05) is 6.08 Å². The van der Waals surface area contributed by atoms with E-state index in [2.05, 4.69) is 4.74 Å². The molecule has 76 valence electrons. The Hall–Kier alpha value is -0.840. The Balaban J connectivity index is 4.45. The minimum absolute atomic E-state index is 0.195. The molecule has 0 aliphatic carbocycles. The quantitative estimate of drug-likeness (QED) is 0.641. The van der Waals surface area contributed by atoms with E-state index >= 15 is 0 Å². The van der Waals surface area contributed by atoms with Gasteiger partial charge in [0.2, 0.25) is 0 Å². The lowest BCUT2D eigenvalue weighted by atomic mass is 10.6. The second-order valence-electron chi connectivity index (χ2n) is 2.46. The Bertz CT molecular complexity index is 300. The van der Waals surface area contributed by atoms with E-state index in [9.17, 15) is 13.2 Å². The van der Waals surface area contributed by atoms with E-state index in [1.165, 1.54) is 13.0 Å². The van der Waals surface area contributed by atoms with Gasteiger partial charge < -0.3 is 4.74 Å². The van der Waals surface area contributed by atoms with E-state index < -0.39 is 21.6 Å². The smallest absolute Gasteiger partial charge is 0.321 e. The molecule has 0 atom stereocenters. The fraction of sp³-hybridized carbons (Fsp3) is 0.625. The Morgan fingerprint density at radius 1 is 1.46 bits per heavy atom. The zero-order valence-electron chi connectivity index (χ0n) is 8.03. The Labute approximate surface area is 78.5 Å². The molecule has 5 heteroatoms. The number of esters is 1. The van der Waals surface area contributed by atoms with Gasteiger partial charge >= 0.3 is 5.97 Å². The van der Waals surface area contributed by atoms with Gasteiger partial charge in [0, 0.05) is 4.91 Å². The van der Waals surface area contributed by atoms with Crippen LogP contribution in [-0.2, 0) is 19.4 Å². The van der Waals surface area contributed by atoms with Crippen molar-refractivity contribution in [2.75, 3.05) is 12.4 Å². The van der Waals surface area contributed by atoms with Gasteiger partial charge in [-0.05, 0) is 20.8 Å². The van der Waals surface area contributed by atoms with Crippen molar-refractivity contribution < 1.29 is 17.9 Å². The standard InChI is InChI=1S/C8H14O4S/c1-4-7(3)13(10,11)6-8(9)12-5-2/h4H,5-6H2,1-3H3/b7-4+. The fourth-order valence-corrected chi connectivity index (χ4v) is 1.63. The third-order valence-corrected chi connectivity index (χ3v) is 3.34. The number of allylic oxidation sites excluding steroid dienone is 2. The maximum Gasteiger partial charge on any atom is 0.321 e. The van der Waals surface area contributed by atoms with Crippen LogP contribution in [0.1, 0.15) is 20.8 Å². The first-order valence-electron chi connectivity index (χ1n) is 3.95. The average Bonchev–Trinajstić information content (AvgIpc) is 2.02. The van der Waals surface area contributed by atoms with E-state index in [0.717, 1.165) is 0 Å². The van der Waals surface area contributed by atoms with Crippen molar-refractivity contribution in [3.05, 3.63) is 11.0 Å². The van der Waals surface area contributed by atoms with Crippen LogP contribution in [0.25, 0.3) is 0 Å². The monoisotopic (exact) mass is 206 g/mol. The predicted molar refractivity (Wildman–Crippen MR) is 49.9 cm³/mol. The number of ether oxygens (including phenoxy) is 1. The second-order valence-corrected chi connectivity index (χ2v) is 4.63. The lowest BCUT2D eigenvalue weighted by Gasteiger charge is -2.03. The summed E-state index contributed by atoms with van der Waals surface area (Å²) >= 11 is 0. The van der Waals surface area contributed by atoms with Crippen LogP contribution in [0.5, 0.6) is 0 Å². The summed E-state index contributed by atoms with van der Waals surface area (Å²) in [6, 6.07) is 0. The number of hydrogen-bond acceptors (Lipinski definition) is 4. The van der Waals surface area contributed by atoms with Gasteiger partial charge in [-0.15, -0.1) is 0 Å². The SMILES string of the molecule is C/C=C(\C)S(=O)(=O)CC(=O)OCC. The van der Waals surface area contributed by atoms with Crippen LogP contribution in [-0.4, -0.2) is 26.7 Å². The third kappa shape index (κ3) is 4.07. The fourth-order valence-electron chi connectivity index (χ4n) is 0.651. The normalized spacial score (nSPS) is 12.7. The van der Waals surface area contributed by atoms with Crippen molar-refractivity contribution in [3.8, 4) is 0 Å². The van der Waals surface area contributed by atoms with Crippen molar-refractivity contribution in [3.63, 3.8) is 0 Å². The number of sulfone groups is 1. The number of hydrogen-bond donors (Lipinski definition) is 0. The van der Waals surface area contributed by atoms with E-state index in [-0.39, 0.29) is 11.5 Å². The lowest BCUT2D eigenvalue weighted by Crippen LogP contribution is -2.18. The molecule has 0 aromatic heterocycles. The van der Waals surface area contributed by atoms with E-state index in [0.29, 0.717) is 0 Å². The average molecular weight is 206 g/mol. The van der Waals surface area contributed by atoms with Crippen LogP contribution < -0.4 is 0 Å². The van der Waals surface area contributed by atoms with Crippen LogP contribution in [0, 0.1) is 0 Å². The Morgan fingerprint density at radius 2 is 2.00 bits per heavy atom. The summed E-state index contributed by atoms with van der Waals surface area (Å²) < 4.78 is 27.1. The molecule has 0 saturated carbocycles. The van der Waals surface area contributed by atoms with Gasteiger partial charge in [-0.3, -0.25) is 4.79 Å². The molecule has 0 unspecified atom stereocenters. The first-order chi connectivity index (χ1) is 5.94. The molecule has 0 aromatic rings. The number of carbonyl (C=O) groups excluding carboxylic acids is 1. The molecule has 4 nitrogen and oxygen atoms in total. The minimum atomic E-state index is -3.45. The molecule has 0 rings (SSSR count). The molecule has 0 amide bonds. The Kier molecular flexibility index (Phi) is 4.69. The van der Waals surface area contributed by atoms with Crippen LogP contribution in [0.15, 0.2) is 11.0 Å². The van der Waals surface area contributed by atoms with Crippen molar-refractivity contribution in [1.29, 1.82) is 0 Å². The molecule has 0 fully saturated rings. The molecular weight excluding hydrogens is 192 g/mol. The molecule has 0 bridgehead atoms. The van der Waals surface area contributed by atoms with Crippen LogP contribution in [0.3, 0.4) is 0 Å². The van der Waals surface area contributed by atoms with E-state index in [4.69, 9.17) is 0 Å². The molecule has 0 saturated heterocycles. The zero-order chi connectivity index (χ0) is 10.5. The summed E-state index contributed by atoms with van der Waals surface area (Å²) in [7, 11) is -3.45. The molecule has 13 heavy (non-hydrogen) atoms. The third-order valence-electron chi connectivity index (χ3n) is 1.51. The summed E-state index contributed by atoms with van der Waals surface area (Å²) in [6.07, 6.45) is 1.45. The highest BCUT2D eigenvalue weighted by atomic mass is 32.2. The van der Waals surface area contributed by atoms with E-state index in [1.54, 1.807) is 13.8 Å². The molecule has 0 spiro atoms. The first kappa shape index (κ1) is 12.2. The van der Waals surface area contributed by atoms with Crippen molar-refractivity contribution in [2.45, 2.75) is 20.8 Å². The number of carbonyl (C=O) groups is 1. The summed E-state index contributed by atoms with van der Waals surface area (Å²) in [5.74, 6) is -1.28. The largest absolute Gasteiger partial charge is 0.465 e. The molecule has 0 aliphatic rings. The summed E-state index contributed by atoms with van der Waals surface area (Å²) in [6.45, 7) is 4.89. The summed E-state index contributed by atoms with van der Waals surface area (Å²) in [4.78, 5) is 11.0. The Morgan fingerprint density at radius 3 is 2.38 bits per heavy atom. The highest BCUT2D eigenvalue weighted by Gasteiger charge is 2.18. The van der Waals surface area contributed by atoms with Crippen LogP contribution in [0.4, 0.5) is 0 Å². The molecule has 0 aliphatic heterocycles. The van der Waals surface area contributed by atoms with E-state index in [1.807, 2.05) is 0 Å².